The second-order valence-electron chi connectivity index (χ2n) is 5.97. The fourth-order valence-corrected chi connectivity index (χ4v) is 3.93. The molecule has 1 atom stereocenters. The summed E-state index contributed by atoms with van der Waals surface area (Å²) in [5, 5.41) is 6.49. The standard InChI is InChI=1S/C17H16ClN5OS/c18-12-3-4-14(19-8-12)22-16(24)11-2-1-6-23(9-11)15-13-5-7-25-17(13)21-10-20-15/h3-5,7-8,10-11H,1-2,6,9H2,(H,19,22,24)/t11-/m1/s1. The van der Waals surface area contributed by atoms with Gasteiger partial charge in [0.2, 0.25) is 5.91 Å². The van der Waals surface area contributed by atoms with Crippen LogP contribution in [0.4, 0.5) is 11.6 Å². The fraction of sp³-hybridized carbons (Fsp3) is 0.294. The molecule has 1 aliphatic heterocycles. The summed E-state index contributed by atoms with van der Waals surface area (Å²) in [5.41, 5.74) is 0. The largest absolute Gasteiger partial charge is 0.355 e. The van der Waals surface area contributed by atoms with Crippen LogP contribution in [0.15, 0.2) is 36.1 Å². The predicted octanol–water partition coefficient (Wildman–Crippen LogP) is 3.59. The van der Waals surface area contributed by atoms with E-state index in [1.54, 1.807) is 29.8 Å². The molecule has 4 heterocycles. The van der Waals surface area contributed by atoms with E-state index in [0.717, 1.165) is 35.4 Å². The van der Waals surface area contributed by atoms with Crippen molar-refractivity contribution in [2.75, 3.05) is 23.3 Å². The van der Waals surface area contributed by atoms with Gasteiger partial charge in [-0.25, -0.2) is 15.0 Å². The third kappa shape index (κ3) is 3.43. The Balaban J connectivity index is 1.50. The maximum Gasteiger partial charge on any atom is 0.230 e. The number of amides is 1. The van der Waals surface area contributed by atoms with Crippen molar-refractivity contribution in [3.63, 3.8) is 0 Å². The molecule has 4 rings (SSSR count). The van der Waals surface area contributed by atoms with Gasteiger partial charge in [-0.05, 0) is 36.4 Å². The molecule has 0 aliphatic carbocycles. The van der Waals surface area contributed by atoms with E-state index < -0.39 is 0 Å². The summed E-state index contributed by atoms with van der Waals surface area (Å²) in [5.74, 6) is 1.31. The molecular weight excluding hydrogens is 358 g/mol. The third-order valence-corrected chi connectivity index (χ3v) is 5.36. The van der Waals surface area contributed by atoms with Crippen LogP contribution in [-0.2, 0) is 4.79 Å². The van der Waals surface area contributed by atoms with E-state index in [2.05, 4.69) is 25.2 Å². The smallest absolute Gasteiger partial charge is 0.230 e. The molecule has 1 aliphatic rings. The summed E-state index contributed by atoms with van der Waals surface area (Å²) >= 11 is 7.43. The van der Waals surface area contributed by atoms with Gasteiger partial charge < -0.3 is 10.2 Å². The van der Waals surface area contributed by atoms with E-state index in [1.165, 1.54) is 6.20 Å². The Kier molecular flexibility index (Phi) is 4.50. The number of halogens is 1. The number of pyridine rings is 1. The van der Waals surface area contributed by atoms with E-state index in [4.69, 9.17) is 11.6 Å². The first-order valence-electron chi connectivity index (χ1n) is 8.06. The molecule has 0 bridgehead atoms. The number of fused-ring (bicyclic) bond motifs is 1. The zero-order chi connectivity index (χ0) is 17.2. The Morgan fingerprint density at radius 3 is 3.04 bits per heavy atom. The van der Waals surface area contributed by atoms with Crippen LogP contribution in [0.5, 0.6) is 0 Å². The molecule has 3 aromatic rings. The lowest BCUT2D eigenvalue weighted by atomic mass is 9.97. The van der Waals surface area contributed by atoms with Crippen molar-refractivity contribution in [1.82, 2.24) is 15.0 Å². The Bertz CT molecular complexity index is 897. The number of nitrogens with one attached hydrogen (secondary N) is 1. The quantitative estimate of drug-likeness (QED) is 0.759. The maximum absolute atomic E-state index is 12.6. The van der Waals surface area contributed by atoms with Crippen molar-refractivity contribution in [2.45, 2.75) is 12.8 Å². The lowest BCUT2D eigenvalue weighted by molar-refractivity contribution is -0.120. The number of anilines is 2. The molecule has 1 saturated heterocycles. The second-order valence-corrected chi connectivity index (χ2v) is 7.30. The number of carbonyl (C=O) groups is 1. The monoisotopic (exact) mass is 373 g/mol. The molecule has 0 unspecified atom stereocenters. The molecule has 0 radical (unpaired) electrons. The first-order valence-corrected chi connectivity index (χ1v) is 9.32. The van der Waals surface area contributed by atoms with Gasteiger partial charge in [0.1, 0.15) is 22.8 Å². The number of piperidine rings is 1. The highest BCUT2D eigenvalue weighted by Crippen LogP contribution is 2.30. The van der Waals surface area contributed by atoms with E-state index in [0.29, 0.717) is 17.4 Å². The zero-order valence-corrected chi connectivity index (χ0v) is 14.9. The lowest BCUT2D eigenvalue weighted by Gasteiger charge is -2.33. The van der Waals surface area contributed by atoms with Gasteiger partial charge in [0, 0.05) is 19.3 Å². The topological polar surface area (TPSA) is 71.0 Å². The predicted molar refractivity (Wildman–Crippen MR) is 100 cm³/mol. The van der Waals surface area contributed by atoms with E-state index in [-0.39, 0.29) is 11.8 Å². The van der Waals surface area contributed by atoms with Crippen molar-refractivity contribution >= 4 is 50.7 Å². The van der Waals surface area contributed by atoms with Crippen LogP contribution in [0.2, 0.25) is 5.02 Å². The van der Waals surface area contributed by atoms with Crippen molar-refractivity contribution in [3.05, 3.63) is 41.1 Å². The van der Waals surface area contributed by atoms with E-state index >= 15 is 0 Å². The van der Waals surface area contributed by atoms with Gasteiger partial charge in [-0.2, -0.15) is 0 Å². The minimum Gasteiger partial charge on any atom is -0.355 e. The van der Waals surface area contributed by atoms with Crippen LogP contribution in [0.1, 0.15) is 12.8 Å². The molecular formula is C17H16ClN5OS. The Morgan fingerprint density at radius 2 is 2.20 bits per heavy atom. The van der Waals surface area contributed by atoms with Gasteiger partial charge >= 0.3 is 0 Å². The normalized spacial score (nSPS) is 17.6. The van der Waals surface area contributed by atoms with Crippen LogP contribution in [-0.4, -0.2) is 33.9 Å². The second kappa shape index (κ2) is 6.93. The maximum atomic E-state index is 12.6. The SMILES string of the molecule is O=C(Nc1ccc(Cl)cn1)[C@@H]1CCCN(c2ncnc3sccc23)C1. The molecule has 1 fully saturated rings. The molecule has 1 amide bonds. The third-order valence-electron chi connectivity index (χ3n) is 4.31. The lowest BCUT2D eigenvalue weighted by Crippen LogP contribution is -2.41. The molecule has 8 heteroatoms. The molecule has 0 aromatic carbocycles. The highest BCUT2D eigenvalue weighted by Gasteiger charge is 2.27. The van der Waals surface area contributed by atoms with E-state index in [1.807, 2.05) is 11.4 Å². The highest BCUT2D eigenvalue weighted by molar-refractivity contribution is 7.16. The molecule has 1 N–H and O–H groups in total. The Hall–Kier alpha value is -2.25. The first-order chi connectivity index (χ1) is 12.2. The average Bonchev–Trinajstić information content (AvgIpc) is 3.12. The molecule has 3 aromatic heterocycles. The van der Waals surface area contributed by atoms with Gasteiger partial charge in [-0.3, -0.25) is 4.79 Å². The highest BCUT2D eigenvalue weighted by atomic mass is 35.5. The molecule has 25 heavy (non-hydrogen) atoms. The summed E-state index contributed by atoms with van der Waals surface area (Å²) < 4.78 is 0. The molecule has 0 spiro atoms. The van der Waals surface area contributed by atoms with Crippen molar-refractivity contribution in [3.8, 4) is 0 Å². The minimum absolute atomic E-state index is 0.0184. The number of nitrogens with zero attached hydrogens (tertiary/aromatic N) is 4. The van der Waals surface area contributed by atoms with Gasteiger partial charge in [0.15, 0.2) is 0 Å². The van der Waals surface area contributed by atoms with Crippen molar-refractivity contribution in [1.29, 1.82) is 0 Å². The number of carbonyl (C=O) groups excluding carboxylic acids is 1. The van der Waals surface area contributed by atoms with E-state index in [9.17, 15) is 4.79 Å². The number of aromatic nitrogens is 3. The summed E-state index contributed by atoms with van der Waals surface area (Å²) in [4.78, 5) is 28.6. The molecule has 6 nitrogen and oxygen atoms in total. The fourth-order valence-electron chi connectivity index (χ4n) is 3.09. The Labute approximate surface area is 153 Å². The van der Waals surface area contributed by atoms with Gasteiger partial charge in [0.25, 0.3) is 0 Å². The minimum atomic E-state index is -0.102. The summed E-state index contributed by atoms with van der Waals surface area (Å²) in [6.45, 7) is 1.53. The number of hydrogen-bond donors (Lipinski definition) is 1. The number of thiophene rings is 1. The van der Waals surface area contributed by atoms with Crippen LogP contribution < -0.4 is 10.2 Å². The molecule has 128 valence electrons. The van der Waals surface area contributed by atoms with Crippen molar-refractivity contribution < 1.29 is 4.79 Å². The number of rotatable bonds is 3. The van der Waals surface area contributed by atoms with Crippen LogP contribution in [0, 0.1) is 5.92 Å². The molecule has 0 saturated carbocycles. The zero-order valence-electron chi connectivity index (χ0n) is 13.4. The first kappa shape index (κ1) is 16.2. The van der Waals surface area contributed by atoms with Gasteiger partial charge in [0.05, 0.1) is 16.3 Å². The summed E-state index contributed by atoms with van der Waals surface area (Å²) in [7, 11) is 0. The van der Waals surface area contributed by atoms with Crippen LogP contribution >= 0.6 is 22.9 Å². The van der Waals surface area contributed by atoms with Crippen LogP contribution in [0.25, 0.3) is 10.2 Å². The number of hydrogen-bond acceptors (Lipinski definition) is 6. The van der Waals surface area contributed by atoms with Crippen molar-refractivity contribution in [2.24, 2.45) is 5.92 Å². The summed E-state index contributed by atoms with van der Waals surface area (Å²) in [6.07, 6.45) is 4.92. The summed E-state index contributed by atoms with van der Waals surface area (Å²) in [6, 6.07) is 5.46. The average molecular weight is 374 g/mol. The Morgan fingerprint density at radius 1 is 1.28 bits per heavy atom. The van der Waals surface area contributed by atoms with Gasteiger partial charge in [-0.1, -0.05) is 11.6 Å². The van der Waals surface area contributed by atoms with Crippen LogP contribution in [0.3, 0.4) is 0 Å². The van der Waals surface area contributed by atoms with Gasteiger partial charge in [-0.15, -0.1) is 11.3 Å².